The number of nitrogens with zero attached hydrogens (tertiary/aromatic N) is 3. The molecule has 0 spiro atoms. The van der Waals surface area contributed by atoms with Crippen molar-refractivity contribution < 1.29 is 9.53 Å². The zero-order valence-electron chi connectivity index (χ0n) is 21.6. The molecule has 0 N–H and O–H groups in total. The van der Waals surface area contributed by atoms with E-state index in [2.05, 4.69) is 64.3 Å². The van der Waals surface area contributed by atoms with Crippen LogP contribution in [0.2, 0.25) is 0 Å². The Morgan fingerprint density at radius 2 is 1.78 bits per heavy atom. The summed E-state index contributed by atoms with van der Waals surface area (Å²) in [7, 11) is 2.15. The van der Waals surface area contributed by atoms with Crippen LogP contribution in [0.25, 0.3) is 10.9 Å². The number of ether oxygens (including phenoxy) is 1. The molecule has 2 aliphatic rings. The highest BCUT2D eigenvalue weighted by Crippen LogP contribution is 2.29. The van der Waals surface area contributed by atoms with Crippen molar-refractivity contribution in [3.8, 4) is 5.75 Å². The molecule has 3 aromatic rings. The van der Waals surface area contributed by atoms with Crippen molar-refractivity contribution in [1.29, 1.82) is 0 Å². The first-order valence-electron chi connectivity index (χ1n) is 13.6. The van der Waals surface area contributed by atoms with E-state index >= 15 is 0 Å². The second-order valence-corrected chi connectivity index (χ2v) is 10.9. The number of fused-ring (bicyclic) bond motifs is 1. The van der Waals surface area contributed by atoms with Crippen molar-refractivity contribution >= 4 is 16.8 Å². The van der Waals surface area contributed by atoms with Gasteiger partial charge in [0.15, 0.2) is 0 Å². The molecular formula is C31H39N3O2. The first-order chi connectivity index (χ1) is 17.6. The Morgan fingerprint density at radius 1 is 0.972 bits per heavy atom. The molecule has 2 heterocycles. The number of hydrogen-bond acceptors (Lipinski definition) is 4. The number of pyridine rings is 1. The van der Waals surface area contributed by atoms with Crippen LogP contribution in [-0.4, -0.2) is 47.4 Å². The summed E-state index contributed by atoms with van der Waals surface area (Å²) in [5.74, 6) is 2.32. The first-order valence-corrected chi connectivity index (χ1v) is 13.6. The van der Waals surface area contributed by atoms with E-state index in [4.69, 9.17) is 4.74 Å². The quantitative estimate of drug-likeness (QED) is 0.369. The first kappa shape index (κ1) is 24.8. The molecule has 190 valence electrons. The van der Waals surface area contributed by atoms with Crippen LogP contribution in [0.15, 0.2) is 60.8 Å². The van der Waals surface area contributed by atoms with Crippen molar-refractivity contribution in [2.75, 3.05) is 26.7 Å². The molecular weight excluding hydrogens is 446 g/mol. The number of rotatable bonds is 9. The van der Waals surface area contributed by atoms with E-state index in [0.717, 1.165) is 56.7 Å². The van der Waals surface area contributed by atoms with Gasteiger partial charge in [-0.2, -0.15) is 0 Å². The highest BCUT2D eigenvalue weighted by molar-refractivity contribution is 5.79. The molecule has 5 heteroatoms. The smallest absolute Gasteiger partial charge is 0.222 e. The lowest BCUT2D eigenvalue weighted by Crippen LogP contribution is -2.42. The van der Waals surface area contributed by atoms with Gasteiger partial charge in [0.2, 0.25) is 5.91 Å². The summed E-state index contributed by atoms with van der Waals surface area (Å²) in [6, 6.07) is 19.0. The van der Waals surface area contributed by atoms with E-state index in [1.165, 1.54) is 42.2 Å². The number of hydrogen-bond donors (Lipinski definition) is 0. The standard InChI is InChI=1S/C31H39N3O2/c1-33(21-26-13-14-30-28(17-26)11-5-15-32-30)20-25-9-4-12-29(18-25)36-23-27-10-6-16-34(22-27)31(35)19-24-7-2-3-8-24/h4-5,9,11-15,17-18,24,27H,2-3,6-8,10,16,19-23H2,1H3/t27-/m0/s1. The van der Waals surface area contributed by atoms with Crippen LogP contribution >= 0.6 is 0 Å². The molecule has 5 nitrogen and oxygen atoms in total. The van der Waals surface area contributed by atoms with Crippen LogP contribution in [0.4, 0.5) is 0 Å². The van der Waals surface area contributed by atoms with Gasteiger partial charge in [0.1, 0.15) is 5.75 Å². The van der Waals surface area contributed by atoms with Crippen molar-refractivity contribution in [1.82, 2.24) is 14.8 Å². The van der Waals surface area contributed by atoms with Crippen molar-refractivity contribution in [2.24, 2.45) is 11.8 Å². The molecule has 5 rings (SSSR count). The van der Waals surface area contributed by atoms with Crippen LogP contribution in [-0.2, 0) is 17.9 Å². The van der Waals surface area contributed by atoms with Crippen LogP contribution in [0, 0.1) is 11.8 Å². The number of carbonyl (C=O) groups is 1. The maximum atomic E-state index is 12.8. The van der Waals surface area contributed by atoms with E-state index < -0.39 is 0 Å². The second-order valence-electron chi connectivity index (χ2n) is 10.9. The zero-order chi connectivity index (χ0) is 24.7. The third kappa shape index (κ3) is 6.64. The third-order valence-corrected chi connectivity index (χ3v) is 7.77. The van der Waals surface area contributed by atoms with Gasteiger partial charge in [-0.25, -0.2) is 0 Å². The van der Waals surface area contributed by atoms with Gasteiger partial charge >= 0.3 is 0 Å². The summed E-state index contributed by atoms with van der Waals surface area (Å²) >= 11 is 0. The number of aromatic nitrogens is 1. The van der Waals surface area contributed by atoms with Crippen LogP contribution in [0.5, 0.6) is 5.75 Å². The molecule has 1 saturated carbocycles. The summed E-state index contributed by atoms with van der Waals surface area (Å²) in [6.45, 7) is 4.17. The van der Waals surface area contributed by atoms with Gasteiger partial charge in [-0.15, -0.1) is 0 Å². The average Bonchev–Trinajstić information content (AvgIpc) is 3.41. The third-order valence-electron chi connectivity index (χ3n) is 7.77. The Labute approximate surface area is 215 Å². The summed E-state index contributed by atoms with van der Waals surface area (Å²) in [5, 5.41) is 1.18. The van der Waals surface area contributed by atoms with Gasteiger partial charge in [0, 0.05) is 50.1 Å². The molecule has 0 bridgehead atoms. The normalized spacial score (nSPS) is 18.7. The minimum atomic E-state index is 0.360. The van der Waals surface area contributed by atoms with Gasteiger partial charge in [0.05, 0.1) is 12.1 Å². The fourth-order valence-electron chi connectivity index (χ4n) is 5.87. The fourth-order valence-corrected chi connectivity index (χ4v) is 5.87. The summed E-state index contributed by atoms with van der Waals surface area (Å²) < 4.78 is 6.23. The molecule has 0 unspecified atom stereocenters. The maximum absolute atomic E-state index is 12.8. The topological polar surface area (TPSA) is 45.7 Å². The van der Waals surface area contributed by atoms with E-state index in [1.54, 1.807) is 0 Å². The SMILES string of the molecule is CN(Cc1cccc(OC[C@H]2CCCN(C(=O)CC3CCCC3)C2)c1)Cc1ccc2ncccc2c1. The largest absolute Gasteiger partial charge is 0.493 e. The van der Waals surface area contributed by atoms with Crippen molar-refractivity contribution in [3.63, 3.8) is 0 Å². The predicted molar refractivity (Wildman–Crippen MR) is 145 cm³/mol. The van der Waals surface area contributed by atoms with E-state index in [0.29, 0.717) is 24.3 Å². The molecule has 1 aromatic heterocycles. The molecule has 0 radical (unpaired) electrons. The van der Waals surface area contributed by atoms with Crippen LogP contribution in [0.3, 0.4) is 0 Å². The molecule has 2 fully saturated rings. The lowest BCUT2D eigenvalue weighted by atomic mass is 9.97. The van der Waals surface area contributed by atoms with E-state index in [1.807, 2.05) is 18.3 Å². The summed E-state index contributed by atoms with van der Waals surface area (Å²) in [5.41, 5.74) is 3.57. The van der Waals surface area contributed by atoms with Crippen molar-refractivity contribution in [2.45, 2.75) is 58.0 Å². The minimum Gasteiger partial charge on any atom is -0.493 e. The molecule has 1 aliphatic carbocycles. The number of likely N-dealkylation sites (tertiary alicyclic amines) is 1. The lowest BCUT2D eigenvalue weighted by Gasteiger charge is -2.33. The van der Waals surface area contributed by atoms with Crippen LogP contribution in [0.1, 0.15) is 56.1 Å². The van der Waals surface area contributed by atoms with Gasteiger partial charge in [-0.1, -0.05) is 37.1 Å². The summed E-state index contributed by atoms with van der Waals surface area (Å²) in [6.07, 6.45) is 9.87. The van der Waals surface area contributed by atoms with Gasteiger partial charge in [-0.05, 0) is 80.1 Å². The highest BCUT2D eigenvalue weighted by Gasteiger charge is 2.27. The Kier molecular flexibility index (Phi) is 8.17. The second kappa shape index (κ2) is 11.9. The maximum Gasteiger partial charge on any atom is 0.222 e. The van der Waals surface area contributed by atoms with Gasteiger partial charge in [0.25, 0.3) is 0 Å². The zero-order valence-corrected chi connectivity index (χ0v) is 21.6. The van der Waals surface area contributed by atoms with E-state index in [-0.39, 0.29) is 0 Å². The Morgan fingerprint density at radius 3 is 2.64 bits per heavy atom. The summed E-state index contributed by atoms with van der Waals surface area (Å²) in [4.78, 5) is 21.6. The number of amides is 1. The molecule has 1 amide bonds. The fraction of sp³-hybridized carbons (Fsp3) is 0.484. The number of benzene rings is 2. The molecule has 1 aliphatic heterocycles. The highest BCUT2D eigenvalue weighted by atomic mass is 16.5. The Balaban J connectivity index is 1.10. The Hall–Kier alpha value is -2.92. The molecule has 2 aromatic carbocycles. The molecule has 36 heavy (non-hydrogen) atoms. The number of carbonyl (C=O) groups excluding carboxylic acids is 1. The van der Waals surface area contributed by atoms with Crippen molar-refractivity contribution in [3.05, 3.63) is 71.9 Å². The van der Waals surface area contributed by atoms with Crippen LogP contribution < -0.4 is 4.74 Å². The Bertz CT molecular complexity index is 1160. The number of piperidine rings is 1. The van der Waals surface area contributed by atoms with Gasteiger partial charge in [-0.3, -0.25) is 14.7 Å². The average molecular weight is 486 g/mol. The monoisotopic (exact) mass is 485 g/mol. The van der Waals surface area contributed by atoms with E-state index in [9.17, 15) is 4.79 Å². The minimum absolute atomic E-state index is 0.360. The molecule has 1 saturated heterocycles. The molecule has 1 atom stereocenters. The van der Waals surface area contributed by atoms with Gasteiger partial charge < -0.3 is 9.64 Å². The predicted octanol–water partition coefficient (Wildman–Crippen LogP) is 6.06. The lowest BCUT2D eigenvalue weighted by molar-refractivity contribution is -0.134.